The lowest BCUT2D eigenvalue weighted by atomic mass is 9.53. The van der Waals surface area contributed by atoms with E-state index in [2.05, 4.69) is 12.1 Å². The molecule has 0 radical (unpaired) electrons. The molecule has 0 spiro atoms. The maximum Gasteiger partial charge on any atom is 0.0747 e. The van der Waals surface area contributed by atoms with Crippen molar-refractivity contribution in [2.24, 2.45) is 5.73 Å². The molecule has 2 aliphatic carbocycles. The predicted octanol–water partition coefficient (Wildman–Crippen LogP) is 3.18. The van der Waals surface area contributed by atoms with Crippen LogP contribution >= 0.6 is 11.6 Å². The Bertz CT molecular complexity index is 486. The number of halogens is 1. The molecule has 0 bridgehead atoms. The Hall–Kier alpha value is -0.570. The van der Waals surface area contributed by atoms with Crippen molar-refractivity contribution in [3.63, 3.8) is 0 Å². The lowest BCUT2D eigenvalue weighted by Crippen LogP contribution is -2.57. The molecule has 3 heteroatoms. The van der Waals surface area contributed by atoms with E-state index in [4.69, 9.17) is 17.3 Å². The lowest BCUT2D eigenvalue weighted by molar-refractivity contribution is -0.0862. The molecule has 2 unspecified atom stereocenters. The standard InChI is InChI=1S/C16H22ClNO/c17-13-3-4-14-12(11-13)5-8-16(19)7-2-1-6-15(14,16)9-10-18/h3-4,11,19H,1-2,5-10,18H2. The summed E-state index contributed by atoms with van der Waals surface area (Å²) in [7, 11) is 0. The summed E-state index contributed by atoms with van der Waals surface area (Å²) in [5.41, 5.74) is 7.78. The second-order valence-corrected chi connectivity index (χ2v) is 6.60. The van der Waals surface area contributed by atoms with E-state index in [0.29, 0.717) is 6.54 Å². The van der Waals surface area contributed by atoms with Crippen molar-refractivity contribution in [1.82, 2.24) is 0 Å². The first kappa shape index (κ1) is 13.4. The molecular formula is C16H22ClNO. The zero-order valence-electron chi connectivity index (χ0n) is 11.3. The van der Waals surface area contributed by atoms with E-state index in [1.807, 2.05) is 6.07 Å². The maximum absolute atomic E-state index is 11.2. The van der Waals surface area contributed by atoms with Crippen LogP contribution in [-0.2, 0) is 11.8 Å². The molecule has 2 nitrogen and oxygen atoms in total. The van der Waals surface area contributed by atoms with Gasteiger partial charge in [-0.25, -0.2) is 0 Å². The van der Waals surface area contributed by atoms with Crippen LogP contribution < -0.4 is 5.73 Å². The number of aliphatic hydroxyl groups is 1. The fourth-order valence-corrected chi connectivity index (χ4v) is 4.58. The smallest absolute Gasteiger partial charge is 0.0747 e. The van der Waals surface area contributed by atoms with Crippen LogP contribution in [0.3, 0.4) is 0 Å². The SMILES string of the molecule is NCCC12CCCCC1(O)CCc1cc(Cl)ccc12. The Morgan fingerprint density at radius 1 is 1.21 bits per heavy atom. The second kappa shape index (κ2) is 4.76. The molecule has 0 aliphatic heterocycles. The summed E-state index contributed by atoms with van der Waals surface area (Å²) in [6, 6.07) is 6.16. The predicted molar refractivity (Wildman–Crippen MR) is 78.5 cm³/mol. The number of fused-ring (bicyclic) bond motifs is 3. The zero-order valence-corrected chi connectivity index (χ0v) is 12.0. The second-order valence-electron chi connectivity index (χ2n) is 6.16. The van der Waals surface area contributed by atoms with E-state index in [9.17, 15) is 5.11 Å². The third-order valence-electron chi connectivity index (χ3n) is 5.30. The number of aryl methyl sites for hydroxylation is 1. The van der Waals surface area contributed by atoms with Gasteiger partial charge in [0, 0.05) is 10.4 Å². The van der Waals surface area contributed by atoms with E-state index < -0.39 is 5.60 Å². The zero-order chi connectivity index (χ0) is 13.5. The van der Waals surface area contributed by atoms with Crippen molar-refractivity contribution in [1.29, 1.82) is 0 Å². The summed E-state index contributed by atoms with van der Waals surface area (Å²) in [5, 5.41) is 12.0. The number of rotatable bonds is 2. The van der Waals surface area contributed by atoms with Crippen LogP contribution in [-0.4, -0.2) is 17.3 Å². The fraction of sp³-hybridized carbons (Fsp3) is 0.625. The summed E-state index contributed by atoms with van der Waals surface area (Å²) in [6.07, 6.45) is 6.93. The Morgan fingerprint density at radius 3 is 2.79 bits per heavy atom. The lowest BCUT2D eigenvalue weighted by Gasteiger charge is -2.54. The van der Waals surface area contributed by atoms with Gasteiger partial charge in [0.1, 0.15) is 0 Å². The van der Waals surface area contributed by atoms with Gasteiger partial charge in [-0.2, -0.15) is 0 Å². The van der Waals surface area contributed by atoms with E-state index in [1.165, 1.54) is 17.5 Å². The first-order valence-corrected chi connectivity index (χ1v) is 7.70. The van der Waals surface area contributed by atoms with Crippen molar-refractivity contribution in [2.75, 3.05) is 6.54 Å². The van der Waals surface area contributed by atoms with Gasteiger partial charge in [0.25, 0.3) is 0 Å². The average molecular weight is 280 g/mol. The molecule has 19 heavy (non-hydrogen) atoms. The molecule has 1 fully saturated rings. The Labute approximate surface area is 120 Å². The van der Waals surface area contributed by atoms with E-state index in [-0.39, 0.29) is 5.41 Å². The molecule has 2 atom stereocenters. The van der Waals surface area contributed by atoms with Crippen LogP contribution in [0.25, 0.3) is 0 Å². The number of hydrogen-bond acceptors (Lipinski definition) is 2. The maximum atomic E-state index is 11.2. The molecular weight excluding hydrogens is 258 g/mol. The molecule has 2 aliphatic rings. The van der Waals surface area contributed by atoms with E-state index >= 15 is 0 Å². The van der Waals surface area contributed by atoms with Crippen LogP contribution in [0.1, 0.15) is 49.7 Å². The van der Waals surface area contributed by atoms with Crippen LogP contribution in [0.4, 0.5) is 0 Å². The molecule has 1 saturated carbocycles. The topological polar surface area (TPSA) is 46.2 Å². The molecule has 1 aromatic carbocycles. The summed E-state index contributed by atoms with van der Waals surface area (Å²) in [4.78, 5) is 0. The summed E-state index contributed by atoms with van der Waals surface area (Å²) in [6.45, 7) is 0.629. The third kappa shape index (κ3) is 1.93. The van der Waals surface area contributed by atoms with Crippen molar-refractivity contribution in [3.05, 3.63) is 34.3 Å². The quantitative estimate of drug-likeness (QED) is 0.873. The van der Waals surface area contributed by atoms with Gasteiger partial charge in [-0.05, 0) is 61.9 Å². The van der Waals surface area contributed by atoms with Gasteiger partial charge in [-0.3, -0.25) is 0 Å². The highest BCUT2D eigenvalue weighted by molar-refractivity contribution is 6.30. The van der Waals surface area contributed by atoms with Gasteiger partial charge in [0.05, 0.1) is 5.60 Å². The van der Waals surface area contributed by atoms with Crippen molar-refractivity contribution in [2.45, 2.75) is 56.0 Å². The number of benzene rings is 1. The van der Waals surface area contributed by atoms with Gasteiger partial charge >= 0.3 is 0 Å². The van der Waals surface area contributed by atoms with Gasteiger partial charge in [0.15, 0.2) is 0 Å². The summed E-state index contributed by atoms with van der Waals surface area (Å²) in [5.74, 6) is 0. The highest BCUT2D eigenvalue weighted by Crippen LogP contribution is 2.54. The Kier molecular flexibility index (Phi) is 3.36. The average Bonchev–Trinajstić information content (AvgIpc) is 2.39. The molecule has 3 rings (SSSR count). The monoisotopic (exact) mass is 279 g/mol. The molecule has 0 heterocycles. The van der Waals surface area contributed by atoms with Crippen LogP contribution in [0, 0.1) is 0 Å². The first-order chi connectivity index (χ1) is 9.11. The third-order valence-corrected chi connectivity index (χ3v) is 5.53. The molecule has 3 N–H and O–H groups in total. The van der Waals surface area contributed by atoms with E-state index in [0.717, 1.165) is 43.5 Å². The minimum Gasteiger partial charge on any atom is -0.389 e. The highest BCUT2D eigenvalue weighted by Gasteiger charge is 2.54. The highest BCUT2D eigenvalue weighted by atomic mass is 35.5. The molecule has 104 valence electrons. The van der Waals surface area contributed by atoms with E-state index in [1.54, 1.807) is 0 Å². The van der Waals surface area contributed by atoms with Gasteiger partial charge in [-0.1, -0.05) is 30.5 Å². The number of nitrogens with two attached hydrogens (primary N) is 1. The molecule has 0 saturated heterocycles. The minimum atomic E-state index is -0.564. The van der Waals surface area contributed by atoms with Gasteiger partial charge < -0.3 is 10.8 Å². The Morgan fingerprint density at radius 2 is 2.00 bits per heavy atom. The summed E-state index contributed by atoms with van der Waals surface area (Å²) >= 11 is 6.12. The van der Waals surface area contributed by atoms with Crippen LogP contribution in [0.5, 0.6) is 0 Å². The first-order valence-electron chi connectivity index (χ1n) is 7.33. The van der Waals surface area contributed by atoms with Crippen LogP contribution in [0.15, 0.2) is 18.2 Å². The van der Waals surface area contributed by atoms with Gasteiger partial charge in [0.2, 0.25) is 0 Å². The van der Waals surface area contributed by atoms with Crippen molar-refractivity contribution >= 4 is 11.6 Å². The molecule has 0 aromatic heterocycles. The summed E-state index contributed by atoms with van der Waals surface area (Å²) < 4.78 is 0. The van der Waals surface area contributed by atoms with Gasteiger partial charge in [-0.15, -0.1) is 0 Å². The molecule has 0 amide bonds. The van der Waals surface area contributed by atoms with Crippen molar-refractivity contribution in [3.8, 4) is 0 Å². The van der Waals surface area contributed by atoms with Crippen LogP contribution in [0.2, 0.25) is 5.02 Å². The fourth-order valence-electron chi connectivity index (χ4n) is 4.38. The number of hydrogen-bond donors (Lipinski definition) is 2. The van der Waals surface area contributed by atoms with Crippen molar-refractivity contribution < 1.29 is 5.11 Å². The minimum absolute atomic E-state index is 0.141. The normalized spacial score (nSPS) is 33.6. The molecule has 1 aromatic rings. The Balaban J connectivity index is 2.15. The largest absolute Gasteiger partial charge is 0.389 e.